The van der Waals surface area contributed by atoms with Crippen molar-refractivity contribution in [3.8, 4) is 0 Å². The van der Waals surface area contributed by atoms with Crippen LogP contribution in [0.5, 0.6) is 0 Å². The van der Waals surface area contributed by atoms with Crippen molar-refractivity contribution in [2.24, 2.45) is 0 Å². The number of amides is 2. The summed E-state index contributed by atoms with van der Waals surface area (Å²) in [5.41, 5.74) is 0. The fourth-order valence-electron chi connectivity index (χ4n) is 2.87. The second-order valence-corrected chi connectivity index (χ2v) is 5.59. The molecule has 0 aromatic heterocycles. The Bertz CT molecular complexity index is 345. The highest BCUT2D eigenvalue weighted by Gasteiger charge is 2.31. The van der Waals surface area contributed by atoms with Crippen LogP contribution < -0.4 is 5.32 Å². The molecule has 1 fully saturated rings. The Morgan fingerprint density at radius 2 is 2.00 bits per heavy atom. The maximum Gasteiger partial charge on any atom is 0.326 e. The van der Waals surface area contributed by atoms with Crippen molar-refractivity contribution < 1.29 is 14.7 Å². The van der Waals surface area contributed by atoms with Crippen LogP contribution in [0.25, 0.3) is 0 Å². The number of likely N-dealkylation sites (N-methyl/N-ethyl adjacent to an activating group) is 1. The van der Waals surface area contributed by atoms with Gasteiger partial charge in [-0.25, -0.2) is 9.59 Å². The lowest BCUT2D eigenvalue weighted by molar-refractivity contribution is -0.139. The Morgan fingerprint density at radius 1 is 1.33 bits per heavy atom. The first-order chi connectivity index (χ1) is 10.0. The Morgan fingerprint density at radius 3 is 2.52 bits per heavy atom. The van der Waals surface area contributed by atoms with Gasteiger partial charge in [0.2, 0.25) is 0 Å². The number of hydrogen-bond donors (Lipinski definition) is 2. The second-order valence-electron chi connectivity index (χ2n) is 5.59. The molecule has 0 bridgehead atoms. The minimum Gasteiger partial charge on any atom is -0.480 e. The molecule has 1 aliphatic heterocycles. The molecule has 0 aromatic carbocycles. The molecule has 2 N–H and O–H groups in total. The summed E-state index contributed by atoms with van der Waals surface area (Å²) in [7, 11) is 0. The van der Waals surface area contributed by atoms with Crippen LogP contribution in [0.15, 0.2) is 0 Å². The normalized spacial score (nSPS) is 19.8. The number of nitrogens with zero attached hydrogens (tertiary/aromatic N) is 2. The summed E-state index contributed by atoms with van der Waals surface area (Å²) < 4.78 is 0. The van der Waals surface area contributed by atoms with Crippen molar-refractivity contribution in [3.05, 3.63) is 0 Å². The number of nitrogens with one attached hydrogen (secondary N) is 1. The predicted molar refractivity (Wildman–Crippen MR) is 82.4 cm³/mol. The predicted octanol–water partition coefficient (Wildman–Crippen LogP) is 1.76. The van der Waals surface area contributed by atoms with Gasteiger partial charge in [-0.3, -0.25) is 4.90 Å². The molecule has 1 heterocycles. The monoisotopic (exact) mass is 299 g/mol. The molecule has 2 amide bonds. The minimum atomic E-state index is -0.948. The Balaban J connectivity index is 2.50. The molecule has 6 heteroatoms. The van der Waals surface area contributed by atoms with Gasteiger partial charge >= 0.3 is 12.0 Å². The van der Waals surface area contributed by atoms with Crippen LogP contribution in [0.1, 0.15) is 46.5 Å². The summed E-state index contributed by atoms with van der Waals surface area (Å²) in [5.74, 6) is -0.948. The van der Waals surface area contributed by atoms with Crippen molar-refractivity contribution in [2.75, 3.05) is 26.2 Å². The van der Waals surface area contributed by atoms with Crippen molar-refractivity contribution in [2.45, 2.75) is 58.5 Å². The van der Waals surface area contributed by atoms with Crippen LogP contribution in [-0.2, 0) is 4.79 Å². The first kappa shape index (κ1) is 17.8. The molecule has 0 spiro atoms. The molecule has 6 nitrogen and oxygen atoms in total. The number of urea groups is 1. The molecule has 0 radical (unpaired) electrons. The SMILES string of the molecule is CCCC[C@H](NC(=O)N1CCC(N(CC)CC)C1)C(=O)O. The summed E-state index contributed by atoms with van der Waals surface area (Å²) in [6.07, 6.45) is 3.18. The smallest absolute Gasteiger partial charge is 0.326 e. The van der Waals surface area contributed by atoms with Gasteiger partial charge < -0.3 is 15.3 Å². The van der Waals surface area contributed by atoms with Crippen molar-refractivity contribution in [1.82, 2.24) is 15.1 Å². The molecule has 1 saturated heterocycles. The van der Waals surface area contributed by atoms with Crippen LogP contribution in [-0.4, -0.2) is 65.2 Å². The van der Waals surface area contributed by atoms with Gasteiger partial charge in [0.25, 0.3) is 0 Å². The van der Waals surface area contributed by atoms with Gasteiger partial charge in [0.1, 0.15) is 6.04 Å². The number of carbonyl (C=O) groups is 2. The maximum atomic E-state index is 12.2. The molecule has 0 aromatic rings. The van der Waals surface area contributed by atoms with E-state index in [0.717, 1.165) is 32.4 Å². The molecule has 122 valence electrons. The minimum absolute atomic E-state index is 0.242. The second kappa shape index (κ2) is 8.87. The van der Waals surface area contributed by atoms with Gasteiger partial charge in [0.15, 0.2) is 0 Å². The number of carboxylic acids is 1. The largest absolute Gasteiger partial charge is 0.480 e. The third-order valence-corrected chi connectivity index (χ3v) is 4.22. The van der Waals surface area contributed by atoms with Crippen LogP contribution in [0.4, 0.5) is 4.79 Å². The number of hydrogen-bond acceptors (Lipinski definition) is 3. The average Bonchev–Trinajstić information content (AvgIpc) is 2.94. The number of rotatable bonds is 8. The fourth-order valence-corrected chi connectivity index (χ4v) is 2.87. The van der Waals surface area contributed by atoms with Crippen LogP contribution >= 0.6 is 0 Å². The Labute approximate surface area is 127 Å². The van der Waals surface area contributed by atoms with E-state index in [1.54, 1.807) is 4.90 Å². The summed E-state index contributed by atoms with van der Waals surface area (Å²) in [6, 6.07) is -0.622. The molecular weight excluding hydrogens is 270 g/mol. The van der Waals surface area contributed by atoms with E-state index in [1.807, 2.05) is 6.92 Å². The van der Waals surface area contributed by atoms with E-state index in [9.17, 15) is 9.59 Å². The van der Waals surface area contributed by atoms with Gasteiger partial charge in [-0.1, -0.05) is 33.6 Å². The standard InChI is InChI=1S/C15H29N3O3/c1-4-7-8-13(14(19)20)16-15(21)18-10-9-12(11-18)17(5-2)6-3/h12-13H,4-11H2,1-3H3,(H,16,21)(H,19,20)/t12?,13-/m0/s1. The molecule has 2 atom stereocenters. The molecule has 0 aliphatic carbocycles. The van der Waals surface area contributed by atoms with Crippen molar-refractivity contribution in [1.29, 1.82) is 0 Å². The third-order valence-electron chi connectivity index (χ3n) is 4.22. The van der Waals surface area contributed by atoms with E-state index in [4.69, 9.17) is 5.11 Å². The van der Waals surface area contributed by atoms with E-state index in [2.05, 4.69) is 24.1 Å². The third kappa shape index (κ3) is 5.19. The molecule has 0 saturated carbocycles. The quantitative estimate of drug-likeness (QED) is 0.716. The van der Waals surface area contributed by atoms with Gasteiger partial charge in [0.05, 0.1) is 0 Å². The van der Waals surface area contributed by atoms with Crippen molar-refractivity contribution in [3.63, 3.8) is 0 Å². The molecule has 1 aliphatic rings. The summed E-state index contributed by atoms with van der Waals surface area (Å²) in [6.45, 7) is 9.60. The summed E-state index contributed by atoms with van der Waals surface area (Å²) in [4.78, 5) is 27.5. The van der Waals surface area contributed by atoms with Gasteiger partial charge in [-0.2, -0.15) is 0 Å². The van der Waals surface area contributed by atoms with E-state index in [1.165, 1.54) is 0 Å². The topological polar surface area (TPSA) is 72.9 Å². The zero-order valence-corrected chi connectivity index (χ0v) is 13.5. The van der Waals surface area contributed by atoms with E-state index < -0.39 is 12.0 Å². The van der Waals surface area contributed by atoms with E-state index in [0.29, 0.717) is 25.6 Å². The maximum absolute atomic E-state index is 12.2. The number of aliphatic carboxylic acids is 1. The summed E-state index contributed by atoms with van der Waals surface area (Å²) in [5, 5.41) is 11.8. The van der Waals surface area contributed by atoms with E-state index in [-0.39, 0.29) is 6.03 Å². The van der Waals surface area contributed by atoms with Crippen LogP contribution in [0.2, 0.25) is 0 Å². The lowest BCUT2D eigenvalue weighted by Crippen LogP contribution is -2.48. The van der Waals surface area contributed by atoms with Gasteiger partial charge in [-0.15, -0.1) is 0 Å². The van der Waals surface area contributed by atoms with E-state index >= 15 is 0 Å². The Hall–Kier alpha value is -1.30. The zero-order valence-electron chi connectivity index (χ0n) is 13.5. The summed E-state index contributed by atoms with van der Waals surface area (Å²) >= 11 is 0. The number of unbranched alkanes of at least 4 members (excludes halogenated alkanes) is 1. The lowest BCUT2D eigenvalue weighted by atomic mass is 10.1. The fraction of sp³-hybridized carbons (Fsp3) is 0.867. The highest BCUT2D eigenvalue weighted by molar-refractivity contribution is 5.82. The molecular formula is C15H29N3O3. The van der Waals surface area contributed by atoms with Gasteiger partial charge in [-0.05, 0) is 25.9 Å². The highest BCUT2D eigenvalue weighted by atomic mass is 16.4. The van der Waals surface area contributed by atoms with Crippen LogP contribution in [0, 0.1) is 0 Å². The van der Waals surface area contributed by atoms with Crippen LogP contribution in [0.3, 0.4) is 0 Å². The lowest BCUT2D eigenvalue weighted by Gasteiger charge is -2.26. The number of carbonyl (C=O) groups excluding carboxylic acids is 1. The van der Waals surface area contributed by atoms with Crippen molar-refractivity contribution >= 4 is 12.0 Å². The average molecular weight is 299 g/mol. The zero-order chi connectivity index (χ0) is 15.8. The first-order valence-corrected chi connectivity index (χ1v) is 8.05. The highest BCUT2D eigenvalue weighted by Crippen LogP contribution is 2.15. The molecule has 21 heavy (non-hydrogen) atoms. The molecule has 1 rings (SSSR count). The first-order valence-electron chi connectivity index (χ1n) is 8.05. The number of likely N-dealkylation sites (tertiary alicyclic amines) is 1. The number of carboxylic acid groups (broad SMARTS) is 1. The van der Waals surface area contributed by atoms with Gasteiger partial charge in [0, 0.05) is 19.1 Å². The molecule has 1 unspecified atom stereocenters. The Kier molecular flexibility index (Phi) is 7.50.